The predicted molar refractivity (Wildman–Crippen MR) is 96.2 cm³/mol. The third kappa shape index (κ3) is 2.83. The van der Waals surface area contributed by atoms with E-state index in [1.54, 1.807) is 11.3 Å². The molecule has 124 valence electrons. The number of ether oxygens (including phenoxy) is 2. The summed E-state index contributed by atoms with van der Waals surface area (Å²) < 4.78 is 12.3. The lowest BCUT2D eigenvalue weighted by atomic mass is 9.99. The molecule has 0 aromatic carbocycles. The Balaban J connectivity index is 1.68. The molecule has 1 unspecified atom stereocenters. The van der Waals surface area contributed by atoms with Gasteiger partial charge in [-0.1, -0.05) is 19.9 Å². The minimum atomic E-state index is -0.271. The van der Waals surface area contributed by atoms with Crippen molar-refractivity contribution in [3.63, 3.8) is 0 Å². The lowest BCUT2D eigenvalue weighted by Crippen LogP contribution is -1.98. The number of nitrogens with zero attached hydrogens (tertiary/aromatic N) is 2. The molecule has 1 fully saturated rings. The van der Waals surface area contributed by atoms with E-state index >= 15 is 0 Å². The molecule has 0 aliphatic carbocycles. The van der Waals surface area contributed by atoms with Gasteiger partial charge in [0.1, 0.15) is 0 Å². The van der Waals surface area contributed by atoms with Crippen molar-refractivity contribution in [3.8, 4) is 10.6 Å². The molecule has 4 rings (SSSR count). The molecule has 3 aromatic rings. The van der Waals surface area contributed by atoms with Gasteiger partial charge in [0, 0.05) is 18.0 Å². The van der Waals surface area contributed by atoms with E-state index in [1.807, 2.05) is 24.5 Å². The Morgan fingerprint density at radius 2 is 2.04 bits per heavy atom. The van der Waals surface area contributed by atoms with Crippen LogP contribution in [0.2, 0.25) is 0 Å². The molecular weight excluding hydrogens is 320 g/mol. The van der Waals surface area contributed by atoms with Crippen LogP contribution in [0.25, 0.3) is 20.8 Å². The predicted octanol–water partition coefficient (Wildman–Crippen LogP) is 4.92. The van der Waals surface area contributed by atoms with E-state index in [4.69, 9.17) is 9.47 Å². The van der Waals surface area contributed by atoms with Crippen molar-refractivity contribution in [2.45, 2.75) is 32.5 Å². The fourth-order valence-electron chi connectivity index (χ4n) is 2.93. The number of aromatic nitrogens is 2. The van der Waals surface area contributed by atoms with Crippen LogP contribution in [0.15, 0.2) is 36.7 Å². The van der Waals surface area contributed by atoms with Gasteiger partial charge in [-0.25, -0.2) is 0 Å². The molecule has 1 atom stereocenters. The second-order valence-electron chi connectivity index (χ2n) is 6.08. The summed E-state index contributed by atoms with van der Waals surface area (Å²) in [7, 11) is 0. The number of pyridine rings is 2. The fraction of sp³-hybridized carbons (Fsp3) is 0.368. The summed E-state index contributed by atoms with van der Waals surface area (Å²) in [4.78, 5) is 10.3. The van der Waals surface area contributed by atoms with Gasteiger partial charge in [0.2, 0.25) is 0 Å². The molecular formula is C19H20N2O2S. The average Bonchev–Trinajstić information content (AvgIpc) is 3.30. The molecule has 1 saturated heterocycles. The maximum atomic E-state index is 5.52. The lowest BCUT2D eigenvalue weighted by molar-refractivity contribution is -0.0443. The van der Waals surface area contributed by atoms with Crippen LogP contribution in [-0.2, 0) is 9.47 Å². The van der Waals surface area contributed by atoms with E-state index in [-0.39, 0.29) is 6.29 Å². The molecule has 0 amide bonds. The van der Waals surface area contributed by atoms with Gasteiger partial charge in [-0.15, -0.1) is 11.3 Å². The molecule has 4 nitrogen and oxygen atoms in total. The topological polar surface area (TPSA) is 44.2 Å². The van der Waals surface area contributed by atoms with Gasteiger partial charge < -0.3 is 9.47 Å². The molecule has 5 heteroatoms. The SMILES string of the molecule is CCC(C)c1ccnc2cc(-c3ccc(C4OCCO4)cn3)sc12. The smallest absolute Gasteiger partial charge is 0.185 e. The van der Waals surface area contributed by atoms with E-state index in [2.05, 4.69) is 35.9 Å². The van der Waals surface area contributed by atoms with Crippen molar-refractivity contribution < 1.29 is 9.47 Å². The Hall–Kier alpha value is -1.82. The van der Waals surface area contributed by atoms with Crippen molar-refractivity contribution >= 4 is 21.6 Å². The van der Waals surface area contributed by atoms with Crippen molar-refractivity contribution in [1.82, 2.24) is 9.97 Å². The first-order valence-corrected chi connectivity index (χ1v) is 9.16. The second kappa shape index (κ2) is 6.59. The third-order valence-electron chi connectivity index (χ3n) is 4.52. The van der Waals surface area contributed by atoms with Crippen LogP contribution in [-0.4, -0.2) is 23.2 Å². The zero-order chi connectivity index (χ0) is 16.5. The van der Waals surface area contributed by atoms with Crippen molar-refractivity contribution in [2.75, 3.05) is 13.2 Å². The Morgan fingerprint density at radius 3 is 2.75 bits per heavy atom. The fourth-order valence-corrected chi connectivity index (χ4v) is 4.15. The molecule has 24 heavy (non-hydrogen) atoms. The Kier molecular flexibility index (Phi) is 4.31. The van der Waals surface area contributed by atoms with Crippen LogP contribution in [0.5, 0.6) is 0 Å². The summed E-state index contributed by atoms with van der Waals surface area (Å²) in [6.07, 6.45) is 4.61. The van der Waals surface area contributed by atoms with E-state index in [9.17, 15) is 0 Å². The number of hydrogen-bond donors (Lipinski definition) is 0. The van der Waals surface area contributed by atoms with Crippen molar-refractivity contribution in [1.29, 1.82) is 0 Å². The normalized spacial score (nSPS) is 16.8. The summed E-state index contributed by atoms with van der Waals surface area (Å²) in [6, 6.07) is 8.35. The molecule has 1 aliphatic rings. The minimum Gasteiger partial charge on any atom is -0.346 e. The summed E-state index contributed by atoms with van der Waals surface area (Å²) >= 11 is 1.77. The van der Waals surface area contributed by atoms with Crippen LogP contribution < -0.4 is 0 Å². The van der Waals surface area contributed by atoms with Crippen LogP contribution >= 0.6 is 11.3 Å². The monoisotopic (exact) mass is 340 g/mol. The molecule has 0 N–H and O–H groups in total. The maximum Gasteiger partial charge on any atom is 0.185 e. The number of hydrogen-bond acceptors (Lipinski definition) is 5. The first-order chi connectivity index (χ1) is 11.8. The van der Waals surface area contributed by atoms with Crippen molar-refractivity contribution in [2.24, 2.45) is 0 Å². The van der Waals surface area contributed by atoms with E-state index < -0.39 is 0 Å². The summed E-state index contributed by atoms with van der Waals surface area (Å²) in [5.41, 5.74) is 4.37. The van der Waals surface area contributed by atoms with Gasteiger partial charge in [0.15, 0.2) is 6.29 Å². The molecule has 0 bridgehead atoms. The lowest BCUT2D eigenvalue weighted by Gasteiger charge is -2.09. The van der Waals surface area contributed by atoms with Crippen molar-refractivity contribution in [3.05, 3.63) is 47.8 Å². The van der Waals surface area contributed by atoms with Gasteiger partial charge in [0.25, 0.3) is 0 Å². The Bertz CT molecular complexity index is 838. The number of rotatable bonds is 4. The first kappa shape index (κ1) is 15.7. The first-order valence-electron chi connectivity index (χ1n) is 8.34. The molecule has 3 aromatic heterocycles. The Morgan fingerprint density at radius 1 is 1.21 bits per heavy atom. The van der Waals surface area contributed by atoms with E-state index in [1.165, 1.54) is 10.3 Å². The third-order valence-corrected chi connectivity index (χ3v) is 5.71. The van der Waals surface area contributed by atoms with Gasteiger partial charge in [0.05, 0.1) is 34.0 Å². The number of thiophene rings is 1. The molecule has 0 spiro atoms. The van der Waals surface area contributed by atoms with Gasteiger partial charge in [-0.05, 0) is 36.1 Å². The highest BCUT2D eigenvalue weighted by atomic mass is 32.1. The van der Waals surface area contributed by atoms with Gasteiger partial charge >= 0.3 is 0 Å². The van der Waals surface area contributed by atoms with E-state index in [0.717, 1.165) is 28.1 Å². The largest absolute Gasteiger partial charge is 0.346 e. The highest BCUT2D eigenvalue weighted by molar-refractivity contribution is 7.22. The number of fused-ring (bicyclic) bond motifs is 1. The highest BCUT2D eigenvalue weighted by Crippen LogP contribution is 2.37. The summed E-state index contributed by atoms with van der Waals surface area (Å²) in [5.74, 6) is 0.536. The van der Waals surface area contributed by atoms with E-state index in [0.29, 0.717) is 19.1 Å². The standard InChI is InChI=1S/C19H20N2O2S/c1-3-12(2)14-6-7-20-16-10-17(24-18(14)16)15-5-4-13(11-21-15)19-22-8-9-23-19/h4-7,10-12,19H,3,8-9H2,1-2H3. The zero-order valence-electron chi connectivity index (χ0n) is 13.9. The Labute approximate surface area is 145 Å². The van der Waals surface area contributed by atoms with Gasteiger partial charge in [-0.3, -0.25) is 9.97 Å². The molecule has 0 radical (unpaired) electrons. The highest BCUT2D eigenvalue weighted by Gasteiger charge is 2.19. The van der Waals surface area contributed by atoms with Crippen LogP contribution in [0, 0.1) is 0 Å². The quantitative estimate of drug-likeness (QED) is 0.676. The molecule has 4 heterocycles. The summed E-state index contributed by atoms with van der Waals surface area (Å²) in [6.45, 7) is 5.78. The summed E-state index contributed by atoms with van der Waals surface area (Å²) in [5, 5.41) is 0. The second-order valence-corrected chi connectivity index (χ2v) is 7.14. The van der Waals surface area contributed by atoms with Crippen LogP contribution in [0.4, 0.5) is 0 Å². The average molecular weight is 340 g/mol. The minimum absolute atomic E-state index is 0.271. The van der Waals surface area contributed by atoms with Crippen LogP contribution in [0.3, 0.4) is 0 Å². The zero-order valence-corrected chi connectivity index (χ0v) is 14.7. The molecule has 0 saturated carbocycles. The molecule has 1 aliphatic heterocycles. The maximum absolute atomic E-state index is 5.52. The van der Waals surface area contributed by atoms with Crippen LogP contribution in [0.1, 0.15) is 43.6 Å². The van der Waals surface area contributed by atoms with Gasteiger partial charge in [-0.2, -0.15) is 0 Å².